The standard InChI is InChI=1S/C16H14N4O3/c17-10-12-6-7-13(15(9-12)20(22)23)19-14(16(18)21)8-11-4-2-1-3-5-11/h1-7,9,14,19H,8H2,(H2,18,21)/t14-/m0/s1. The third-order valence-corrected chi connectivity index (χ3v) is 3.28. The van der Waals surface area contributed by atoms with E-state index in [2.05, 4.69) is 5.32 Å². The molecule has 0 bridgehead atoms. The number of rotatable bonds is 6. The number of anilines is 1. The fourth-order valence-corrected chi connectivity index (χ4v) is 2.13. The van der Waals surface area contributed by atoms with Gasteiger partial charge in [-0.3, -0.25) is 14.9 Å². The Labute approximate surface area is 132 Å². The van der Waals surface area contributed by atoms with Crippen molar-refractivity contribution in [2.75, 3.05) is 5.32 Å². The van der Waals surface area contributed by atoms with E-state index in [1.807, 2.05) is 36.4 Å². The highest BCUT2D eigenvalue weighted by molar-refractivity contribution is 5.84. The van der Waals surface area contributed by atoms with E-state index in [0.717, 1.165) is 11.6 Å². The second-order valence-electron chi connectivity index (χ2n) is 4.89. The molecule has 0 aromatic heterocycles. The first-order valence-corrected chi connectivity index (χ1v) is 6.79. The van der Waals surface area contributed by atoms with Gasteiger partial charge in [0.25, 0.3) is 5.69 Å². The van der Waals surface area contributed by atoms with Crippen LogP contribution in [0.3, 0.4) is 0 Å². The average molecular weight is 310 g/mol. The summed E-state index contributed by atoms with van der Waals surface area (Å²) in [5, 5.41) is 22.8. The summed E-state index contributed by atoms with van der Waals surface area (Å²) in [7, 11) is 0. The molecule has 116 valence electrons. The molecule has 7 nitrogen and oxygen atoms in total. The third-order valence-electron chi connectivity index (χ3n) is 3.28. The molecule has 1 atom stereocenters. The number of carbonyl (C=O) groups excluding carboxylic acids is 1. The zero-order valence-corrected chi connectivity index (χ0v) is 12.1. The van der Waals surface area contributed by atoms with Gasteiger partial charge in [-0.25, -0.2) is 0 Å². The number of nitriles is 1. The number of nitro benzene ring substituents is 1. The van der Waals surface area contributed by atoms with Crippen LogP contribution < -0.4 is 11.1 Å². The molecule has 0 fully saturated rings. The van der Waals surface area contributed by atoms with E-state index in [1.165, 1.54) is 12.1 Å². The lowest BCUT2D eigenvalue weighted by Crippen LogP contribution is -2.37. The predicted octanol–water partition coefficient (Wildman–Crippen LogP) is 1.97. The molecule has 0 heterocycles. The van der Waals surface area contributed by atoms with Gasteiger partial charge < -0.3 is 11.1 Å². The van der Waals surface area contributed by atoms with Crippen molar-refractivity contribution >= 4 is 17.3 Å². The molecular formula is C16H14N4O3. The minimum atomic E-state index is -0.802. The molecule has 0 aliphatic rings. The number of amides is 1. The minimum absolute atomic E-state index is 0.147. The second kappa shape index (κ2) is 7.04. The fourth-order valence-electron chi connectivity index (χ4n) is 2.13. The van der Waals surface area contributed by atoms with Crippen LogP contribution in [-0.2, 0) is 11.2 Å². The zero-order valence-electron chi connectivity index (χ0n) is 12.1. The predicted molar refractivity (Wildman–Crippen MR) is 84.6 cm³/mol. The highest BCUT2D eigenvalue weighted by atomic mass is 16.6. The molecule has 2 aromatic carbocycles. The summed E-state index contributed by atoms with van der Waals surface area (Å²) in [5.74, 6) is -0.618. The number of hydrogen-bond donors (Lipinski definition) is 2. The minimum Gasteiger partial charge on any atom is -0.368 e. The lowest BCUT2D eigenvalue weighted by Gasteiger charge is -2.17. The van der Waals surface area contributed by atoms with E-state index in [-0.39, 0.29) is 16.9 Å². The fraction of sp³-hybridized carbons (Fsp3) is 0.125. The average Bonchev–Trinajstić information content (AvgIpc) is 2.55. The molecule has 0 aliphatic carbocycles. The smallest absolute Gasteiger partial charge is 0.293 e. The molecule has 7 heteroatoms. The Morgan fingerprint density at radius 3 is 2.57 bits per heavy atom. The van der Waals surface area contributed by atoms with Crippen molar-refractivity contribution in [3.8, 4) is 6.07 Å². The number of benzene rings is 2. The Kier molecular flexibility index (Phi) is 4.89. The Morgan fingerprint density at radius 2 is 2.00 bits per heavy atom. The Balaban J connectivity index is 2.28. The van der Waals surface area contributed by atoms with Crippen molar-refractivity contribution < 1.29 is 9.72 Å². The van der Waals surface area contributed by atoms with Crippen LogP contribution in [0.2, 0.25) is 0 Å². The number of nitrogens with one attached hydrogen (secondary N) is 1. The SMILES string of the molecule is N#Cc1ccc(N[C@@H](Cc2ccccc2)C(N)=O)c([N+](=O)[O-])c1. The lowest BCUT2D eigenvalue weighted by atomic mass is 10.0. The van der Waals surface area contributed by atoms with Crippen LogP contribution in [0.25, 0.3) is 0 Å². The maximum absolute atomic E-state index is 11.6. The first-order chi connectivity index (χ1) is 11.0. The van der Waals surface area contributed by atoms with E-state index >= 15 is 0 Å². The maximum atomic E-state index is 11.6. The van der Waals surface area contributed by atoms with Crippen molar-refractivity contribution in [3.63, 3.8) is 0 Å². The molecule has 3 N–H and O–H groups in total. The topological polar surface area (TPSA) is 122 Å². The van der Waals surface area contributed by atoms with Crippen molar-refractivity contribution in [3.05, 3.63) is 69.8 Å². The largest absolute Gasteiger partial charge is 0.368 e. The number of primary amides is 1. The first kappa shape index (κ1) is 16.0. The monoisotopic (exact) mass is 310 g/mol. The number of nitrogens with two attached hydrogens (primary N) is 1. The third kappa shape index (κ3) is 4.04. The molecule has 0 saturated carbocycles. The molecule has 0 spiro atoms. The van der Waals surface area contributed by atoms with Crippen LogP contribution >= 0.6 is 0 Å². The van der Waals surface area contributed by atoms with Crippen molar-refractivity contribution in [2.45, 2.75) is 12.5 Å². The maximum Gasteiger partial charge on any atom is 0.293 e. The van der Waals surface area contributed by atoms with Gasteiger partial charge in [-0.2, -0.15) is 5.26 Å². The summed E-state index contributed by atoms with van der Waals surface area (Å²) in [6.45, 7) is 0. The van der Waals surface area contributed by atoms with E-state index in [9.17, 15) is 14.9 Å². The van der Waals surface area contributed by atoms with Crippen molar-refractivity contribution in [1.29, 1.82) is 5.26 Å². The first-order valence-electron chi connectivity index (χ1n) is 6.79. The lowest BCUT2D eigenvalue weighted by molar-refractivity contribution is -0.384. The summed E-state index contributed by atoms with van der Waals surface area (Å²) >= 11 is 0. The summed E-state index contributed by atoms with van der Waals surface area (Å²) in [5.41, 5.74) is 6.31. The van der Waals surface area contributed by atoms with Gasteiger partial charge in [0.05, 0.1) is 16.6 Å². The van der Waals surface area contributed by atoms with E-state index in [4.69, 9.17) is 11.0 Å². The Hall–Kier alpha value is -3.40. The van der Waals surface area contributed by atoms with Crippen molar-refractivity contribution in [2.24, 2.45) is 5.73 Å². The second-order valence-corrected chi connectivity index (χ2v) is 4.89. The molecule has 0 aliphatic heterocycles. The quantitative estimate of drug-likeness (QED) is 0.624. The number of carbonyl (C=O) groups is 1. The van der Waals surface area contributed by atoms with Crippen molar-refractivity contribution in [1.82, 2.24) is 0 Å². The van der Waals surface area contributed by atoms with E-state index in [1.54, 1.807) is 0 Å². The number of hydrogen-bond acceptors (Lipinski definition) is 5. The van der Waals surface area contributed by atoms with Crippen LogP contribution in [0, 0.1) is 21.4 Å². The van der Waals surface area contributed by atoms with E-state index in [0.29, 0.717) is 6.42 Å². The molecule has 0 saturated heterocycles. The molecule has 0 unspecified atom stereocenters. The van der Waals surface area contributed by atoms with Crippen LogP contribution in [0.15, 0.2) is 48.5 Å². The van der Waals surface area contributed by atoms with Gasteiger partial charge in [-0.05, 0) is 17.7 Å². The highest BCUT2D eigenvalue weighted by Crippen LogP contribution is 2.26. The normalized spacial score (nSPS) is 11.3. The summed E-state index contributed by atoms with van der Waals surface area (Å²) in [6, 6.07) is 14.2. The summed E-state index contributed by atoms with van der Waals surface area (Å²) in [4.78, 5) is 22.2. The molecule has 2 aromatic rings. The number of nitrogens with zero attached hydrogens (tertiary/aromatic N) is 2. The van der Waals surface area contributed by atoms with Gasteiger partial charge >= 0.3 is 0 Å². The zero-order chi connectivity index (χ0) is 16.8. The summed E-state index contributed by atoms with van der Waals surface area (Å²) in [6.07, 6.45) is 0.299. The number of nitro groups is 1. The Morgan fingerprint density at radius 1 is 1.30 bits per heavy atom. The molecule has 1 amide bonds. The van der Waals surface area contributed by atoms with Gasteiger partial charge in [-0.1, -0.05) is 30.3 Å². The van der Waals surface area contributed by atoms with Gasteiger partial charge in [0.1, 0.15) is 11.7 Å². The van der Waals surface area contributed by atoms with Crippen LogP contribution in [0.4, 0.5) is 11.4 Å². The van der Waals surface area contributed by atoms with Gasteiger partial charge in [0.15, 0.2) is 0 Å². The van der Waals surface area contributed by atoms with Gasteiger partial charge in [0, 0.05) is 12.5 Å². The molecule has 0 radical (unpaired) electrons. The van der Waals surface area contributed by atoms with Crippen LogP contribution in [0.1, 0.15) is 11.1 Å². The van der Waals surface area contributed by atoms with Crippen LogP contribution in [0.5, 0.6) is 0 Å². The highest BCUT2D eigenvalue weighted by Gasteiger charge is 2.21. The molecular weight excluding hydrogens is 296 g/mol. The van der Waals surface area contributed by atoms with Crippen LogP contribution in [-0.4, -0.2) is 16.9 Å². The van der Waals surface area contributed by atoms with Gasteiger partial charge in [-0.15, -0.1) is 0 Å². The van der Waals surface area contributed by atoms with Gasteiger partial charge in [0.2, 0.25) is 5.91 Å². The molecule has 2 rings (SSSR count). The van der Waals surface area contributed by atoms with E-state index < -0.39 is 16.9 Å². The Bertz CT molecular complexity index is 769. The summed E-state index contributed by atoms with van der Waals surface area (Å²) < 4.78 is 0. The molecule has 23 heavy (non-hydrogen) atoms.